The zero-order chi connectivity index (χ0) is 21.2. The van der Waals surface area contributed by atoms with Crippen molar-refractivity contribution >= 4 is 29.2 Å². The van der Waals surface area contributed by atoms with E-state index in [-0.39, 0.29) is 18.4 Å². The number of benzene rings is 2. The Kier molecular flexibility index (Phi) is 7.60. The minimum atomic E-state index is -0.558. The fraction of sp³-hybridized carbons (Fsp3) is 0.261. The number of hydrogen-bond acceptors (Lipinski definition) is 4. The van der Waals surface area contributed by atoms with Crippen molar-refractivity contribution in [1.82, 2.24) is 10.6 Å². The van der Waals surface area contributed by atoms with E-state index >= 15 is 0 Å². The number of nitrogens with one attached hydrogen (secondary N) is 4. The summed E-state index contributed by atoms with van der Waals surface area (Å²) in [4.78, 5) is 36.2. The number of anilines is 2. The lowest BCUT2D eigenvalue weighted by Crippen LogP contribution is -2.41. The van der Waals surface area contributed by atoms with Gasteiger partial charge < -0.3 is 16.0 Å². The zero-order valence-corrected chi connectivity index (χ0v) is 16.7. The van der Waals surface area contributed by atoms with Crippen LogP contribution in [-0.4, -0.2) is 24.4 Å². The maximum absolute atomic E-state index is 12.3. The minimum Gasteiger partial charge on any atom is -0.374 e. The second kappa shape index (κ2) is 10.8. The van der Waals surface area contributed by atoms with Gasteiger partial charge in [-0.1, -0.05) is 54.6 Å². The van der Waals surface area contributed by atoms with E-state index in [2.05, 4.69) is 33.4 Å². The number of urea groups is 1. The van der Waals surface area contributed by atoms with Gasteiger partial charge in [0, 0.05) is 13.0 Å². The molecule has 0 saturated carbocycles. The molecule has 0 fully saturated rings. The summed E-state index contributed by atoms with van der Waals surface area (Å²) in [5.74, 6) is -0.256. The summed E-state index contributed by atoms with van der Waals surface area (Å²) in [5.41, 5.74) is 2.16. The van der Waals surface area contributed by atoms with Crippen molar-refractivity contribution in [2.75, 3.05) is 17.2 Å². The van der Waals surface area contributed by atoms with Gasteiger partial charge in [-0.05, 0) is 36.5 Å². The molecule has 1 unspecified atom stereocenters. The van der Waals surface area contributed by atoms with Gasteiger partial charge in [-0.25, -0.2) is 4.79 Å². The summed E-state index contributed by atoms with van der Waals surface area (Å²) >= 11 is 0. The average molecular weight is 406 g/mol. The van der Waals surface area contributed by atoms with Gasteiger partial charge in [-0.15, -0.1) is 0 Å². The first-order valence-electron chi connectivity index (χ1n) is 10.0. The van der Waals surface area contributed by atoms with Crippen LogP contribution in [0.2, 0.25) is 0 Å². The second-order valence-electron chi connectivity index (χ2n) is 7.13. The van der Waals surface area contributed by atoms with Crippen LogP contribution < -0.4 is 21.3 Å². The summed E-state index contributed by atoms with van der Waals surface area (Å²) in [6.07, 6.45) is 6.63. The minimum absolute atomic E-state index is 0.0643. The number of carbonyl (C=O) groups excluding carboxylic acids is 3. The summed E-state index contributed by atoms with van der Waals surface area (Å²) in [6.45, 7) is 0.232. The number of imide groups is 1. The lowest BCUT2D eigenvalue weighted by Gasteiger charge is -2.14. The Morgan fingerprint density at radius 1 is 0.900 bits per heavy atom. The molecule has 2 aromatic carbocycles. The highest BCUT2D eigenvalue weighted by Gasteiger charge is 2.15. The van der Waals surface area contributed by atoms with E-state index in [4.69, 9.17) is 0 Å². The maximum atomic E-state index is 12.3. The van der Waals surface area contributed by atoms with Gasteiger partial charge >= 0.3 is 6.03 Å². The molecule has 1 aliphatic rings. The fourth-order valence-corrected chi connectivity index (χ4v) is 3.22. The molecule has 0 aromatic heterocycles. The number of amides is 4. The number of rotatable bonds is 8. The lowest BCUT2D eigenvalue weighted by atomic mass is 10.0. The van der Waals surface area contributed by atoms with Crippen LogP contribution in [0.3, 0.4) is 0 Å². The quantitative estimate of drug-likeness (QED) is 0.505. The topological polar surface area (TPSA) is 99.3 Å². The van der Waals surface area contributed by atoms with E-state index in [9.17, 15) is 14.4 Å². The van der Waals surface area contributed by atoms with Gasteiger partial charge in [0.1, 0.15) is 0 Å². The molecular formula is C23H26N4O3. The van der Waals surface area contributed by atoms with Gasteiger partial charge in [0.2, 0.25) is 11.8 Å². The largest absolute Gasteiger partial charge is 0.374 e. The molecule has 0 bridgehead atoms. The number of carbonyl (C=O) groups is 3. The van der Waals surface area contributed by atoms with E-state index in [1.54, 1.807) is 12.1 Å². The highest BCUT2D eigenvalue weighted by molar-refractivity contribution is 5.98. The predicted octanol–water partition coefficient (Wildman–Crippen LogP) is 3.42. The molecule has 0 spiro atoms. The standard InChI is InChI=1S/C23H26N4O3/c28-21(14-17-8-4-5-9-17)26-20-13-7-6-12-19(20)24-16-22(29)27-23(30)25-15-18-10-2-1-3-11-18/h1-4,6-8,10-13,17,24H,5,9,14-16H2,(H,26,28)(H2,25,27,29,30). The fourth-order valence-electron chi connectivity index (χ4n) is 3.22. The Morgan fingerprint density at radius 2 is 1.63 bits per heavy atom. The Balaban J connectivity index is 1.44. The summed E-state index contributed by atoms with van der Waals surface area (Å²) in [5, 5.41) is 10.8. The van der Waals surface area contributed by atoms with Gasteiger partial charge in [0.05, 0.1) is 17.9 Å². The van der Waals surface area contributed by atoms with Crippen LogP contribution in [0.15, 0.2) is 66.7 Å². The van der Waals surface area contributed by atoms with Crippen LogP contribution in [0.4, 0.5) is 16.2 Å². The zero-order valence-electron chi connectivity index (χ0n) is 16.7. The Bertz CT molecular complexity index is 912. The normalized spacial score (nSPS) is 14.7. The Hall–Kier alpha value is -3.61. The summed E-state index contributed by atoms with van der Waals surface area (Å²) in [7, 11) is 0. The molecule has 4 amide bonds. The third-order valence-electron chi connectivity index (χ3n) is 4.75. The van der Waals surface area contributed by atoms with E-state index < -0.39 is 11.9 Å². The number of allylic oxidation sites excluding steroid dienone is 2. The predicted molar refractivity (Wildman–Crippen MR) is 117 cm³/mol. The van der Waals surface area contributed by atoms with Crippen LogP contribution in [0, 0.1) is 5.92 Å². The van der Waals surface area contributed by atoms with Crippen LogP contribution in [0.1, 0.15) is 24.8 Å². The Labute approximate surface area is 175 Å². The molecule has 0 heterocycles. The van der Waals surface area contributed by atoms with Crippen molar-refractivity contribution in [2.45, 2.75) is 25.8 Å². The molecule has 0 aliphatic heterocycles. The molecule has 3 rings (SSSR count). The smallest absolute Gasteiger partial charge is 0.321 e. The first-order chi connectivity index (χ1) is 14.6. The van der Waals surface area contributed by atoms with Crippen LogP contribution in [-0.2, 0) is 16.1 Å². The van der Waals surface area contributed by atoms with Crippen molar-refractivity contribution in [3.05, 3.63) is 72.3 Å². The van der Waals surface area contributed by atoms with Gasteiger partial charge in [-0.3, -0.25) is 14.9 Å². The Morgan fingerprint density at radius 3 is 2.37 bits per heavy atom. The first kappa shape index (κ1) is 21.1. The van der Waals surface area contributed by atoms with E-state index in [1.807, 2.05) is 42.5 Å². The SMILES string of the molecule is O=C(CNc1ccccc1NC(=O)CC1C=CCC1)NC(=O)NCc1ccccc1. The van der Waals surface area contributed by atoms with Crippen molar-refractivity contribution in [3.8, 4) is 0 Å². The van der Waals surface area contributed by atoms with Crippen LogP contribution in [0.25, 0.3) is 0 Å². The van der Waals surface area contributed by atoms with Gasteiger partial charge in [0.15, 0.2) is 0 Å². The van der Waals surface area contributed by atoms with E-state index in [0.29, 0.717) is 24.3 Å². The molecule has 30 heavy (non-hydrogen) atoms. The van der Waals surface area contributed by atoms with Gasteiger partial charge in [-0.2, -0.15) is 0 Å². The number of para-hydroxylation sites is 2. The van der Waals surface area contributed by atoms with Crippen LogP contribution in [0.5, 0.6) is 0 Å². The number of hydrogen-bond donors (Lipinski definition) is 4. The lowest BCUT2D eigenvalue weighted by molar-refractivity contribution is -0.118. The van der Waals surface area contributed by atoms with Crippen molar-refractivity contribution < 1.29 is 14.4 Å². The first-order valence-corrected chi connectivity index (χ1v) is 10.0. The van der Waals surface area contributed by atoms with E-state index in [1.165, 1.54) is 0 Å². The van der Waals surface area contributed by atoms with E-state index in [0.717, 1.165) is 18.4 Å². The molecule has 1 aliphatic carbocycles. The molecule has 4 N–H and O–H groups in total. The molecule has 0 radical (unpaired) electrons. The monoisotopic (exact) mass is 406 g/mol. The highest BCUT2D eigenvalue weighted by Crippen LogP contribution is 2.24. The molecule has 7 nitrogen and oxygen atoms in total. The maximum Gasteiger partial charge on any atom is 0.321 e. The third kappa shape index (κ3) is 6.77. The van der Waals surface area contributed by atoms with Crippen LogP contribution >= 0.6 is 0 Å². The molecule has 2 aromatic rings. The second-order valence-corrected chi connectivity index (χ2v) is 7.13. The molecule has 7 heteroatoms. The third-order valence-corrected chi connectivity index (χ3v) is 4.75. The molecule has 0 saturated heterocycles. The average Bonchev–Trinajstić information content (AvgIpc) is 3.25. The van der Waals surface area contributed by atoms with Crippen molar-refractivity contribution in [3.63, 3.8) is 0 Å². The highest BCUT2D eigenvalue weighted by atomic mass is 16.2. The summed E-state index contributed by atoms with van der Waals surface area (Å²) in [6, 6.07) is 16.0. The van der Waals surface area contributed by atoms with Gasteiger partial charge in [0.25, 0.3) is 0 Å². The van der Waals surface area contributed by atoms with Crippen molar-refractivity contribution in [2.24, 2.45) is 5.92 Å². The molecule has 1 atom stereocenters. The van der Waals surface area contributed by atoms with Crippen molar-refractivity contribution in [1.29, 1.82) is 0 Å². The molecule has 156 valence electrons. The summed E-state index contributed by atoms with van der Waals surface area (Å²) < 4.78 is 0. The molecular weight excluding hydrogens is 380 g/mol.